The van der Waals surface area contributed by atoms with E-state index in [2.05, 4.69) is 10.6 Å². The number of non-ortho nitro benzene ring substituents is 1. The number of anilines is 1. The van der Waals surface area contributed by atoms with Crippen LogP contribution in [0.4, 0.5) is 16.2 Å². The Kier molecular flexibility index (Phi) is 19.3. The minimum Gasteiger partial charge on any atom is -0.459 e. The lowest BCUT2D eigenvalue weighted by Gasteiger charge is -2.48. The van der Waals surface area contributed by atoms with Gasteiger partial charge in [0.2, 0.25) is 0 Å². The molecule has 66 heavy (non-hydrogen) atoms. The number of carbonyl (C=O) groups excluding carboxylic acids is 2. The summed E-state index contributed by atoms with van der Waals surface area (Å²) in [5, 5.41) is 76.3. The van der Waals surface area contributed by atoms with Crippen molar-refractivity contribution in [2.45, 2.75) is 185 Å². The Balaban J connectivity index is 1.76. The summed E-state index contributed by atoms with van der Waals surface area (Å²) in [6, 6.07) is 3.72. The van der Waals surface area contributed by atoms with E-state index in [4.69, 9.17) is 28.4 Å². The monoisotopic (exact) mass is 942 g/mol. The first-order chi connectivity index (χ1) is 30.7. The average molecular weight is 942 g/mol. The molecule has 0 bridgehead atoms. The summed E-state index contributed by atoms with van der Waals surface area (Å²) in [5.74, 6) is -3.11. The predicted octanol–water partition coefficient (Wildman–Crippen LogP) is 3.00. The summed E-state index contributed by atoms with van der Waals surface area (Å²) >= 11 is 0. The van der Waals surface area contributed by atoms with Crippen molar-refractivity contribution in [3.05, 3.63) is 34.4 Å². The Morgan fingerprint density at radius 1 is 1.02 bits per heavy atom. The SMILES string of the molecule is CC[C@H]1OC(=O)[C@H](C)[C@H](O[C@@H]2C[C@@](C)(OC)[C@@H](O)[C@H](C)O2)[C@@H](C)[C@H](O[C@@H]2O[C@H](C)C[C@H](N(C)C)[C@H]2O)[C@](C)(O)C[C@@H](C)CN(CCNC(=O)Nc2cccc([N+](=O)[O-])c2)[C@H](C)[C@@H](O)[C@]1(C)O. The molecule has 20 nitrogen and oxygen atoms in total. The third-order valence-corrected chi connectivity index (χ3v) is 14.0. The highest BCUT2D eigenvalue weighted by molar-refractivity contribution is 5.89. The molecule has 0 aliphatic carbocycles. The van der Waals surface area contributed by atoms with Crippen LogP contribution in [-0.4, -0.2) is 183 Å². The minimum absolute atomic E-state index is 0.0394. The molecule has 3 saturated heterocycles. The van der Waals surface area contributed by atoms with Gasteiger partial charge >= 0.3 is 12.0 Å². The second-order valence-corrected chi connectivity index (χ2v) is 19.9. The number of esters is 1. The highest BCUT2D eigenvalue weighted by Gasteiger charge is 2.53. The second kappa shape index (κ2) is 23.0. The molecule has 4 rings (SSSR count). The zero-order valence-electron chi connectivity index (χ0n) is 41.1. The number of likely N-dealkylation sites (N-methyl/N-ethyl adjacent to an activating group) is 1. The van der Waals surface area contributed by atoms with E-state index < -0.39 is 107 Å². The number of nitro groups is 1. The van der Waals surface area contributed by atoms with Crippen LogP contribution < -0.4 is 10.6 Å². The number of amides is 2. The molecule has 1 aromatic carbocycles. The Morgan fingerprint density at radius 2 is 1.68 bits per heavy atom. The van der Waals surface area contributed by atoms with Crippen LogP contribution >= 0.6 is 0 Å². The molecule has 7 N–H and O–H groups in total. The predicted molar refractivity (Wildman–Crippen MR) is 243 cm³/mol. The number of urea groups is 1. The van der Waals surface area contributed by atoms with Crippen molar-refractivity contribution in [3.8, 4) is 0 Å². The first kappa shape index (κ1) is 55.5. The maximum absolute atomic E-state index is 14.5. The molecule has 3 heterocycles. The molecule has 1 aromatic rings. The van der Waals surface area contributed by atoms with E-state index in [1.165, 1.54) is 38.3 Å². The zero-order chi connectivity index (χ0) is 49.6. The van der Waals surface area contributed by atoms with Crippen LogP contribution in [-0.2, 0) is 33.2 Å². The Bertz CT molecular complexity index is 1760. The van der Waals surface area contributed by atoms with Crippen LogP contribution in [0.15, 0.2) is 24.3 Å². The van der Waals surface area contributed by atoms with Crippen LogP contribution in [0.25, 0.3) is 0 Å². The smallest absolute Gasteiger partial charge is 0.319 e. The lowest BCUT2D eigenvalue weighted by atomic mass is 9.77. The molecule has 20 heteroatoms. The fourth-order valence-electron chi connectivity index (χ4n) is 10.1. The number of aliphatic hydroxyl groups is 5. The summed E-state index contributed by atoms with van der Waals surface area (Å²) in [5.41, 5.74) is -4.78. The number of hydrogen-bond donors (Lipinski definition) is 7. The van der Waals surface area contributed by atoms with Gasteiger partial charge in [0, 0.05) is 69.0 Å². The maximum atomic E-state index is 14.5. The number of nitrogens with one attached hydrogen (secondary N) is 2. The lowest BCUT2D eigenvalue weighted by Crippen LogP contribution is -2.60. The number of nitro benzene ring substituents is 1. The number of hydrogen-bond acceptors (Lipinski definition) is 17. The van der Waals surface area contributed by atoms with E-state index in [1.54, 1.807) is 48.5 Å². The zero-order valence-corrected chi connectivity index (χ0v) is 41.1. The number of rotatable bonds is 12. The van der Waals surface area contributed by atoms with Gasteiger partial charge in [0.05, 0.1) is 46.5 Å². The largest absolute Gasteiger partial charge is 0.459 e. The molecule has 3 aliphatic rings. The fourth-order valence-corrected chi connectivity index (χ4v) is 10.1. The number of nitrogens with zero attached hydrogens (tertiary/aromatic N) is 3. The normalized spacial score (nSPS) is 41.3. The summed E-state index contributed by atoms with van der Waals surface area (Å²) in [4.78, 5) is 42.0. The van der Waals surface area contributed by atoms with Gasteiger partial charge in [0.15, 0.2) is 12.6 Å². The summed E-state index contributed by atoms with van der Waals surface area (Å²) in [6.07, 6.45) is -9.65. The van der Waals surface area contributed by atoms with E-state index in [-0.39, 0.29) is 68.3 Å². The molecule has 0 spiro atoms. The van der Waals surface area contributed by atoms with Crippen molar-refractivity contribution in [1.29, 1.82) is 0 Å². The Labute approximate surface area is 389 Å². The molecule has 3 fully saturated rings. The van der Waals surface area contributed by atoms with Gasteiger partial charge in [-0.1, -0.05) is 26.8 Å². The van der Waals surface area contributed by atoms with Crippen LogP contribution in [0, 0.1) is 27.9 Å². The molecule has 0 aromatic heterocycles. The van der Waals surface area contributed by atoms with Crippen molar-refractivity contribution in [1.82, 2.24) is 15.1 Å². The van der Waals surface area contributed by atoms with Crippen LogP contribution in [0.3, 0.4) is 0 Å². The van der Waals surface area contributed by atoms with Crippen LogP contribution in [0.5, 0.6) is 0 Å². The van der Waals surface area contributed by atoms with Crippen molar-refractivity contribution >= 4 is 23.4 Å². The van der Waals surface area contributed by atoms with E-state index in [0.29, 0.717) is 6.42 Å². The molecule has 0 saturated carbocycles. The Hall–Kier alpha value is -3.12. The second-order valence-electron chi connectivity index (χ2n) is 19.9. The Morgan fingerprint density at radius 3 is 2.29 bits per heavy atom. The molecule has 2 amide bonds. The highest BCUT2D eigenvalue weighted by atomic mass is 16.7. The third-order valence-electron chi connectivity index (χ3n) is 14.0. The van der Waals surface area contributed by atoms with Gasteiger partial charge in [-0.3, -0.25) is 19.8 Å². The summed E-state index contributed by atoms with van der Waals surface area (Å²) in [6.45, 7) is 17.4. The van der Waals surface area contributed by atoms with Crippen molar-refractivity contribution < 1.29 is 68.5 Å². The number of methoxy groups -OCH3 is 1. The van der Waals surface area contributed by atoms with Crippen LogP contribution in [0.1, 0.15) is 94.9 Å². The molecule has 0 unspecified atom stereocenters. The third kappa shape index (κ3) is 13.3. The van der Waals surface area contributed by atoms with Gasteiger partial charge < -0.3 is 69.5 Å². The van der Waals surface area contributed by atoms with Crippen molar-refractivity contribution in [2.75, 3.05) is 46.2 Å². The van der Waals surface area contributed by atoms with Crippen molar-refractivity contribution in [3.63, 3.8) is 0 Å². The maximum Gasteiger partial charge on any atom is 0.319 e. The first-order valence-electron chi connectivity index (χ1n) is 23.2. The van der Waals surface area contributed by atoms with Gasteiger partial charge in [-0.2, -0.15) is 0 Å². The topological polar surface area (TPSA) is 264 Å². The summed E-state index contributed by atoms with van der Waals surface area (Å²) in [7, 11) is 5.18. The van der Waals surface area contributed by atoms with Gasteiger partial charge in [-0.15, -0.1) is 0 Å². The van der Waals surface area contributed by atoms with E-state index in [9.17, 15) is 45.2 Å². The summed E-state index contributed by atoms with van der Waals surface area (Å²) < 4.78 is 37.8. The number of ether oxygens (including phenoxy) is 6. The van der Waals surface area contributed by atoms with Gasteiger partial charge in [0.25, 0.3) is 5.69 Å². The number of cyclic esters (lactones) is 1. The van der Waals surface area contributed by atoms with Crippen LogP contribution in [0.2, 0.25) is 0 Å². The number of carbonyl (C=O) groups is 2. The van der Waals surface area contributed by atoms with E-state index in [0.717, 1.165) is 0 Å². The quantitative estimate of drug-likeness (QED) is 0.0902. The number of aliphatic hydroxyl groups excluding tert-OH is 3. The van der Waals surface area contributed by atoms with Gasteiger partial charge in [-0.05, 0) is 93.8 Å². The fraction of sp³-hybridized carbons (Fsp3) is 0.826. The van der Waals surface area contributed by atoms with Gasteiger partial charge in [0.1, 0.15) is 30.0 Å². The molecule has 3 aliphatic heterocycles. The molecular weight excluding hydrogens is 863 g/mol. The molecule has 18 atom stereocenters. The van der Waals surface area contributed by atoms with E-state index in [1.807, 2.05) is 37.7 Å². The van der Waals surface area contributed by atoms with Gasteiger partial charge in [-0.25, -0.2) is 4.79 Å². The molecule has 378 valence electrons. The van der Waals surface area contributed by atoms with Crippen molar-refractivity contribution in [2.24, 2.45) is 17.8 Å². The number of benzene rings is 1. The molecular formula is C46H79N5O15. The lowest BCUT2D eigenvalue weighted by molar-refractivity contribution is -0.384. The molecule has 0 radical (unpaired) electrons. The minimum atomic E-state index is -2.00. The standard InChI is InChI=1S/C46H79N5O15/c1-14-34-46(10,58)38(53)29(6)50(19-18-47-43(56)48-31-16-15-17-32(21-31)51(59)60)24-25(2)22-44(8,57)40(66-42-36(52)33(49(11)12)20-26(3)62-42)27(4)37(28(5)41(55)64-34)65-35-23-45(9,61-13)39(54)30(7)63-35/h15-17,21,25-30,33-40,42,52-54,57-58H,14,18-20,22-24H2,1-13H3,(H2,47,48,56)/t25-,26-,27-,28-,29-,30+,33+,34-,35-,36-,37-,38-,39+,40+,42+,44-,45-,46-/m1/s1. The average Bonchev–Trinajstić information content (AvgIpc) is 3.24. The van der Waals surface area contributed by atoms with E-state index >= 15 is 0 Å². The first-order valence-corrected chi connectivity index (χ1v) is 23.2. The highest BCUT2D eigenvalue weighted by Crippen LogP contribution is 2.40.